The summed E-state index contributed by atoms with van der Waals surface area (Å²) < 4.78 is 2.56. The standard InChI is InChI=1S/C28H31N3/c1-2-8-20(9-3-1)18-23-19-22(14-16-29-23)27-24-11-5-4-10-21(24)15-17-31-26-13-7-6-12-25(26)30-28(27)31/h1-6,8-12,15,22-24,27,29H,7,13-14,16-19H2. The molecule has 1 fully saturated rings. The maximum Gasteiger partial charge on any atom is 0.114 e. The molecule has 6 rings (SSSR count). The minimum atomic E-state index is 0.444. The quantitative estimate of drug-likeness (QED) is 0.753. The number of fused-ring (bicyclic) bond motifs is 4. The van der Waals surface area contributed by atoms with Crippen LogP contribution < -0.4 is 5.32 Å². The van der Waals surface area contributed by atoms with Gasteiger partial charge in [-0.25, -0.2) is 4.98 Å². The molecule has 4 unspecified atom stereocenters. The molecular weight excluding hydrogens is 378 g/mol. The van der Waals surface area contributed by atoms with Crippen LogP contribution in [0.2, 0.25) is 0 Å². The Hall–Kier alpha value is -2.65. The van der Waals surface area contributed by atoms with Gasteiger partial charge in [0.2, 0.25) is 0 Å². The van der Waals surface area contributed by atoms with E-state index >= 15 is 0 Å². The predicted octanol–water partition coefficient (Wildman–Crippen LogP) is 5.22. The molecule has 4 atom stereocenters. The van der Waals surface area contributed by atoms with Crippen molar-refractivity contribution >= 4 is 6.08 Å². The van der Waals surface area contributed by atoms with Crippen molar-refractivity contribution in [3.05, 3.63) is 95.1 Å². The molecule has 1 saturated heterocycles. The molecule has 158 valence electrons. The lowest BCUT2D eigenvalue weighted by Gasteiger charge is -2.38. The summed E-state index contributed by atoms with van der Waals surface area (Å²) in [6, 6.07) is 11.5. The SMILES string of the molecule is C1=CC2=CCn3c(nc4c3CCC=C4)C(C3CCNC(Cc4ccccc4)C3)C2C=C1. The van der Waals surface area contributed by atoms with Crippen LogP contribution in [0.4, 0.5) is 0 Å². The van der Waals surface area contributed by atoms with Gasteiger partial charge in [0.05, 0.1) is 5.69 Å². The van der Waals surface area contributed by atoms with Crippen LogP contribution >= 0.6 is 0 Å². The fourth-order valence-electron chi connectivity index (χ4n) is 6.18. The number of hydrogen-bond donors (Lipinski definition) is 1. The minimum absolute atomic E-state index is 0.444. The van der Waals surface area contributed by atoms with Gasteiger partial charge in [-0.2, -0.15) is 0 Å². The predicted molar refractivity (Wildman–Crippen MR) is 127 cm³/mol. The van der Waals surface area contributed by atoms with Crippen LogP contribution in [0.15, 0.2) is 72.4 Å². The van der Waals surface area contributed by atoms with E-state index in [0.717, 1.165) is 32.4 Å². The van der Waals surface area contributed by atoms with E-state index in [2.05, 4.69) is 82.7 Å². The summed E-state index contributed by atoms with van der Waals surface area (Å²) in [6.45, 7) is 2.06. The second kappa shape index (κ2) is 8.12. The number of allylic oxidation sites excluding steroid dienone is 7. The maximum atomic E-state index is 5.27. The molecule has 2 aliphatic carbocycles. The first-order valence-electron chi connectivity index (χ1n) is 11.9. The largest absolute Gasteiger partial charge is 0.327 e. The molecule has 0 amide bonds. The van der Waals surface area contributed by atoms with Crippen LogP contribution in [0.3, 0.4) is 0 Å². The summed E-state index contributed by atoms with van der Waals surface area (Å²) in [6.07, 6.45) is 22.0. The first-order valence-corrected chi connectivity index (χ1v) is 11.9. The van der Waals surface area contributed by atoms with Crippen molar-refractivity contribution in [1.29, 1.82) is 0 Å². The number of piperidine rings is 1. The van der Waals surface area contributed by atoms with Crippen LogP contribution in [0, 0.1) is 11.8 Å². The molecule has 3 heteroatoms. The minimum Gasteiger partial charge on any atom is -0.327 e. The van der Waals surface area contributed by atoms with Gasteiger partial charge in [-0.1, -0.05) is 66.8 Å². The second-order valence-electron chi connectivity index (χ2n) is 9.48. The number of rotatable bonds is 3. The number of hydrogen-bond acceptors (Lipinski definition) is 2. The number of nitrogens with zero attached hydrogens (tertiary/aromatic N) is 2. The third kappa shape index (κ3) is 3.55. The molecule has 4 aliphatic rings. The lowest BCUT2D eigenvalue weighted by molar-refractivity contribution is 0.236. The zero-order chi connectivity index (χ0) is 20.6. The normalized spacial score (nSPS) is 29.0. The van der Waals surface area contributed by atoms with Gasteiger partial charge in [-0.15, -0.1) is 0 Å². The molecule has 1 N–H and O–H groups in total. The number of imidazole rings is 1. The van der Waals surface area contributed by atoms with Crippen LogP contribution in [0.25, 0.3) is 6.08 Å². The molecule has 2 aliphatic heterocycles. The first-order chi connectivity index (χ1) is 15.4. The summed E-state index contributed by atoms with van der Waals surface area (Å²) in [5.41, 5.74) is 5.58. The molecular formula is C28H31N3. The van der Waals surface area contributed by atoms with Gasteiger partial charge < -0.3 is 9.88 Å². The lowest BCUT2D eigenvalue weighted by atomic mass is 9.71. The van der Waals surface area contributed by atoms with Crippen LogP contribution in [0.1, 0.15) is 48.0 Å². The summed E-state index contributed by atoms with van der Waals surface area (Å²) in [5.74, 6) is 2.87. The Labute approximate surface area is 185 Å². The molecule has 1 aromatic heterocycles. The smallest absolute Gasteiger partial charge is 0.114 e. The van der Waals surface area contributed by atoms with Crippen LogP contribution in [-0.4, -0.2) is 22.1 Å². The number of benzene rings is 1. The zero-order valence-electron chi connectivity index (χ0n) is 18.1. The summed E-state index contributed by atoms with van der Waals surface area (Å²) in [7, 11) is 0. The Balaban J connectivity index is 1.36. The van der Waals surface area contributed by atoms with Gasteiger partial charge >= 0.3 is 0 Å². The Bertz CT molecular complexity index is 1070. The van der Waals surface area contributed by atoms with E-state index in [9.17, 15) is 0 Å². The van der Waals surface area contributed by atoms with Crippen molar-refractivity contribution in [2.45, 2.75) is 50.6 Å². The van der Waals surface area contributed by atoms with E-state index in [1.54, 1.807) is 0 Å². The van der Waals surface area contributed by atoms with E-state index in [1.165, 1.54) is 41.2 Å². The third-order valence-corrected chi connectivity index (χ3v) is 7.62. The van der Waals surface area contributed by atoms with Crippen LogP contribution in [-0.2, 0) is 19.4 Å². The maximum absolute atomic E-state index is 5.27. The highest BCUT2D eigenvalue weighted by atomic mass is 15.1. The van der Waals surface area contributed by atoms with Gasteiger partial charge in [-0.3, -0.25) is 0 Å². The molecule has 0 bridgehead atoms. The highest BCUT2D eigenvalue weighted by molar-refractivity contribution is 5.52. The van der Waals surface area contributed by atoms with Crippen molar-refractivity contribution in [1.82, 2.24) is 14.9 Å². The van der Waals surface area contributed by atoms with Gasteiger partial charge in [0.1, 0.15) is 5.82 Å². The van der Waals surface area contributed by atoms with E-state index in [4.69, 9.17) is 4.98 Å². The van der Waals surface area contributed by atoms with Gasteiger partial charge in [0.25, 0.3) is 0 Å². The fraction of sp³-hybridized carbons (Fsp3) is 0.393. The van der Waals surface area contributed by atoms with E-state index in [0.29, 0.717) is 23.8 Å². The average Bonchev–Trinajstić information content (AvgIpc) is 3.09. The van der Waals surface area contributed by atoms with Gasteiger partial charge in [-0.05, 0) is 61.8 Å². The molecule has 31 heavy (non-hydrogen) atoms. The Kier molecular flexibility index (Phi) is 5.00. The Morgan fingerprint density at radius 2 is 2.03 bits per heavy atom. The summed E-state index contributed by atoms with van der Waals surface area (Å²) >= 11 is 0. The topological polar surface area (TPSA) is 29.9 Å². The van der Waals surface area contributed by atoms with Crippen molar-refractivity contribution in [3.63, 3.8) is 0 Å². The van der Waals surface area contributed by atoms with E-state index < -0.39 is 0 Å². The summed E-state index contributed by atoms with van der Waals surface area (Å²) in [5, 5.41) is 3.81. The van der Waals surface area contributed by atoms with E-state index in [-0.39, 0.29) is 0 Å². The van der Waals surface area contributed by atoms with Crippen LogP contribution in [0.5, 0.6) is 0 Å². The first kappa shape index (κ1) is 19.1. The molecule has 1 aromatic carbocycles. The lowest BCUT2D eigenvalue weighted by Crippen LogP contribution is -2.42. The highest BCUT2D eigenvalue weighted by Crippen LogP contribution is 2.45. The number of nitrogens with one attached hydrogen (secondary N) is 1. The molecule has 3 nitrogen and oxygen atoms in total. The Morgan fingerprint density at radius 3 is 2.97 bits per heavy atom. The van der Waals surface area contributed by atoms with Gasteiger partial charge in [0.15, 0.2) is 0 Å². The van der Waals surface area contributed by atoms with Gasteiger partial charge in [0, 0.05) is 30.1 Å². The molecule has 0 radical (unpaired) electrons. The summed E-state index contributed by atoms with van der Waals surface area (Å²) in [4.78, 5) is 5.27. The zero-order valence-corrected chi connectivity index (χ0v) is 18.1. The monoisotopic (exact) mass is 409 g/mol. The van der Waals surface area contributed by atoms with Crippen molar-refractivity contribution in [2.24, 2.45) is 11.8 Å². The highest BCUT2D eigenvalue weighted by Gasteiger charge is 2.39. The second-order valence-corrected chi connectivity index (χ2v) is 9.48. The fourth-order valence-corrected chi connectivity index (χ4v) is 6.18. The van der Waals surface area contributed by atoms with Crippen molar-refractivity contribution in [3.8, 4) is 0 Å². The van der Waals surface area contributed by atoms with E-state index in [1.807, 2.05) is 0 Å². The molecule has 0 spiro atoms. The molecule has 0 saturated carbocycles. The molecule has 3 heterocycles. The van der Waals surface area contributed by atoms with Crippen molar-refractivity contribution in [2.75, 3.05) is 6.54 Å². The molecule has 2 aromatic rings. The average molecular weight is 410 g/mol. The number of aromatic nitrogens is 2. The third-order valence-electron chi connectivity index (χ3n) is 7.62. The van der Waals surface area contributed by atoms with Crippen molar-refractivity contribution < 1.29 is 0 Å². The Morgan fingerprint density at radius 1 is 1.10 bits per heavy atom.